The molecule has 1 saturated carbocycles. The zero-order chi connectivity index (χ0) is 12.8. The number of hydrogen-bond donors (Lipinski definition) is 1. The van der Waals surface area contributed by atoms with E-state index in [-0.39, 0.29) is 11.6 Å². The Hall–Kier alpha value is -0.440. The first kappa shape index (κ1) is 12.6. The van der Waals surface area contributed by atoms with Gasteiger partial charge in [-0.15, -0.1) is 0 Å². The Kier molecular flexibility index (Phi) is 3.21. The summed E-state index contributed by atoms with van der Waals surface area (Å²) in [5.41, 5.74) is 1.07. The summed E-state index contributed by atoms with van der Waals surface area (Å²) in [6.07, 6.45) is 5.76. The van der Waals surface area contributed by atoms with E-state index in [1.807, 2.05) is 13.1 Å². The average Bonchev–Trinajstić information content (AvgIpc) is 2.78. The van der Waals surface area contributed by atoms with Gasteiger partial charge in [-0.05, 0) is 44.9 Å². The van der Waals surface area contributed by atoms with Gasteiger partial charge in [0.1, 0.15) is 11.4 Å². The third-order valence-electron chi connectivity index (χ3n) is 4.17. The topological polar surface area (TPSA) is 21.3 Å². The van der Waals surface area contributed by atoms with Gasteiger partial charge in [-0.1, -0.05) is 23.2 Å². The molecule has 1 unspecified atom stereocenters. The van der Waals surface area contributed by atoms with E-state index in [1.54, 1.807) is 6.07 Å². The van der Waals surface area contributed by atoms with Crippen LogP contribution in [0.5, 0.6) is 5.75 Å². The summed E-state index contributed by atoms with van der Waals surface area (Å²) >= 11 is 12.4. The molecule has 0 aromatic heterocycles. The minimum absolute atomic E-state index is 0.0157. The van der Waals surface area contributed by atoms with Crippen molar-refractivity contribution < 1.29 is 4.74 Å². The van der Waals surface area contributed by atoms with Crippen LogP contribution in [0.3, 0.4) is 0 Å². The van der Waals surface area contributed by atoms with Crippen LogP contribution < -0.4 is 10.1 Å². The molecule has 2 aliphatic rings. The Morgan fingerprint density at radius 3 is 2.67 bits per heavy atom. The molecule has 1 spiro atoms. The van der Waals surface area contributed by atoms with Crippen LogP contribution in [-0.4, -0.2) is 12.6 Å². The molecule has 0 bridgehead atoms. The highest BCUT2D eigenvalue weighted by atomic mass is 35.5. The Labute approximate surface area is 118 Å². The van der Waals surface area contributed by atoms with Crippen molar-refractivity contribution in [3.63, 3.8) is 0 Å². The highest BCUT2D eigenvalue weighted by Crippen LogP contribution is 2.50. The van der Waals surface area contributed by atoms with Crippen LogP contribution in [0.15, 0.2) is 12.1 Å². The largest absolute Gasteiger partial charge is 0.485 e. The van der Waals surface area contributed by atoms with Crippen LogP contribution in [0.4, 0.5) is 0 Å². The predicted molar refractivity (Wildman–Crippen MR) is 74.7 cm³/mol. The van der Waals surface area contributed by atoms with Crippen molar-refractivity contribution in [3.8, 4) is 5.75 Å². The van der Waals surface area contributed by atoms with Gasteiger partial charge in [0.25, 0.3) is 0 Å². The molecule has 0 saturated heterocycles. The Morgan fingerprint density at radius 1 is 1.28 bits per heavy atom. The Bertz CT molecular complexity index is 469. The summed E-state index contributed by atoms with van der Waals surface area (Å²) < 4.78 is 6.27. The van der Waals surface area contributed by atoms with Gasteiger partial charge in [-0.25, -0.2) is 0 Å². The number of fused-ring (bicyclic) bond motifs is 1. The summed E-state index contributed by atoms with van der Waals surface area (Å²) in [6, 6.07) is 4.01. The quantitative estimate of drug-likeness (QED) is 0.828. The van der Waals surface area contributed by atoms with Gasteiger partial charge in [0.15, 0.2) is 0 Å². The van der Waals surface area contributed by atoms with Crippen molar-refractivity contribution in [1.29, 1.82) is 0 Å². The highest BCUT2D eigenvalue weighted by molar-refractivity contribution is 6.35. The lowest BCUT2D eigenvalue weighted by molar-refractivity contribution is 0.0381. The first-order valence-electron chi connectivity index (χ1n) is 6.49. The van der Waals surface area contributed by atoms with Crippen molar-refractivity contribution in [2.45, 2.75) is 43.7 Å². The van der Waals surface area contributed by atoms with E-state index in [9.17, 15) is 0 Å². The van der Waals surface area contributed by atoms with Gasteiger partial charge in [0.2, 0.25) is 0 Å². The summed E-state index contributed by atoms with van der Waals surface area (Å²) in [5.74, 6) is 0.827. The smallest absolute Gasteiger partial charge is 0.143 e. The monoisotopic (exact) mass is 285 g/mol. The number of benzene rings is 1. The molecular formula is C14H17Cl2NO. The molecule has 18 heavy (non-hydrogen) atoms. The third-order valence-corrected chi connectivity index (χ3v) is 4.67. The zero-order valence-corrected chi connectivity index (χ0v) is 11.9. The van der Waals surface area contributed by atoms with Crippen LogP contribution >= 0.6 is 23.2 Å². The minimum atomic E-state index is -0.0157. The minimum Gasteiger partial charge on any atom is -0.485 e. The normalized spacial score (nSPS) is 24.9. The second-order valence-corrected chi connectivity index (χ2v) is 6.19. The van der Waals surface area contributed by atoms with E-state index in [0.29, 0.717) is 10.0 Å². The molecule has 3 rings (SSSR count). The van der Waals surface area contributed by atoms with Crippen molar-refractivity contribution in [2.24, 2.45) is 0 Å². The van der Waals surface area contributed by atoms with E-state index < -0.39 is 0 Å². The predicted octanol–water partition coefficient (Wildman–Crippen LogP) is 4.35. The van der Waals surface area contributed by atoms with E-state index in [4.69, 9.17) is 27.9 Å². The molecule has 2 nitrogen and oxygen atoms in total. The highest BCUT2D eigenvalue weighted by Gasteiger charge is 2.43. The van der Waals surface area contributed by atoms with Gasteiger partial charge in [0.05, 0.1) is 5.02 Å². The molecular weight excluding hydrogens is 269 g/mol. The van der Waals surface area contributed by atoms with Crippen LogP contribution in [0.2, 0.25) is 10.0 Å². The number of rotatable bonds is 1. The maximum atomic E-state index is 6.29. The average molecular weight is 286 g/mol. The molecule has 1 heterocycles. The fraction of sp³-hybridized carbons (Fsp3) is 0.571. The molecule has 0 amide bonds. The summed E-state index contributed by atoms with van der Waals surface area (Å²) in [5, 5.41) is 4.67. The summed E-state index contributed by atoms with van der Waals surface area (Å²) in [7, 11) is 1.98. The standard InChI is InChI=1S/C14H17Cl2NO/c1-17-12-8-14(4-2-3-5-14)18-13-10(12)6-9(15)7-11(13)16/h6-7,12,17H,2-5,8H2,1H3. The lowest BCUT2D eigenvalue weighted by Crippen LogP contribution is -2.41. The molecule has 1 aliphatic heterocycles. The van der Waals surface area contributed by atoms with E-state index in [1.165, 1.54) is 12.8 Å². The molecule has 4 heteroatoms. The third kappa shape index (κ3) is 2.01. The second-order valence-electron chi connectivity index (χ2n) is 5.34. The van der Waals surface area contributed by atoms with Gasteiger partial charge < -0.3 is 10.1 Å². The van der Waals surface area contributed by atoms with Crippen LogP contribution in [-0.2, 0) is 0 Å². The molecule has 1 aromatic carbocycles. The molecule has 1 aliphatic carbocycles. The maximum Gasteiger partial charge on any atom is 0.143 e. The molecule has 98 valence electrons. The van der Waals surface area contributed by atoms with Crippen LogP contribution in [0.25, 0.3) is 0 Å². The van der Waals surface area contributed by atoms with Gasteiger partial charge in [0, 0.05) is 23.0 Å². The fourth-order valence-corrected chi connectivity index (χ4v) is 3.82. The van der Waals surface area contributed by atoms with E-state index in [2.05, 4.69) is 5.32 Å². The summed E-state index contributed by atoms with van der Waals surface area (Å²) in [4.78, 5) is 0. The first-order valence-corrected chi connectivity index (χ1v) is 7.24. The molecule has 0 radical (unpaired) electrons. The fourth-order valence-electron chi connectivity index (χ4n) is 3.27. The summed E-state index contributed by atoms with van der Waals surface area (Å²) in [6.45, 7) is 0. The zero-order valence-electron chi connectivity index (χ0n) is 10.4. The van der Waals surface area contributed by atoms with Crippen molar-refractivity contribution >= 4 is 23.2 Å². The van der Waals surface area contributed by atoms with Gasteiger partial charge in [-0.3, -0.25) is 0 Å². The molecule has 1 fully saturated rings. The Balaban J connectivity index is 2.06. The molecule has 1 N–H and O–H groups in total. The number of hydrogen-bond acceptors (Lipinski definition) is 2. The molecule has 1 atom stereocenters. The number of halogens is 2. The van der Waals surface area contributed by atoms with Crippen molar-refractivity contribution in [3.05, 3.63) is 27.7 Å². The van der Waals surface area contributed by atoms with Gasteiger partial charge >= 0.3 is 0 Å². The van der Waals surface area contributed by atoms with Crippen LogP contribution in [0, 0.1) is 0 Å². The van der Waals surface area contributed by atoms with Gasteiger partial charge in [-0.2, -0.15) is 0 Å². The molecule has 1 aromatic rings. The number of ether oxygens (including phenoxy) is 1. The lowest BCUT2D eigenvalue weighted by Gasteiger charge is -2.40. The van der Waals surface area contributed by atoms with E-state index in [0.717, 1.165) is 30.6 Å². The lowest BCUT2D eigenvalue weighted by atomic mass is 9.86. The number of nitrogens with one attached hydrogen (secondary N) is 1. The Morgan fingerprint density at radius 2 is 2.00 bits per heavy atom. The van der Waals surface area contributed by atoms with Crippen molar-refractivity contribution in [1.82, 2.24) is 5.32 Å². The second kappa shape index (κ2) is 4.59. The van der Waals surface area contributed by atoms with Crippen molar-refractivity contribution in [2.75, 3.05) is 7.05 Å². The van der Waals surface area contributed by atoms with E-state index >= 15 is 0 Å². The van der Waals surface area contributed by atoms with Crippen LogP contribution in [0.1, 0.15) is 43.7 Å². The first-order chi connectivity index (χ1) is 8.63. The maximum absolute atomic E-state index is 6.29. The SMILES string of the molecule is CNC1CC2(CCCC2)Oc2c(Cl)cc(Cl)cc21.